The summed E-state index contributed by atoms with van der Waals surface area (Å²) in [6, 6.07) is 0. The fourth-order valence-corrected chi connectivity index (χ4v) is 1.72. The van der Waals surface area contributed by atoms with Crippen molar-refractivity contribution in [2.75, 3.05) is 0 Å². The van der Waals surface area contributed by atoms with E-state index >= 15 is 0 Å². The minimum atomic E-state index is 0.300. The van der Waals surface area contributed by atoms with Crippen molar-refractivity contribution in [3.63, 3.8) is 0 Å². The number of nitrogens with zero attached hydrogens (tertiary/aromatic N) is 1. The molecular formula is C8H9BrINO. The third-order valence-corrected chi connectivity index (χ3v) is 4.61. The van der Waals surface area contributed by atoms with Gasteiger partial charge >= 0.3 is 0 Å². The van der Waals surface area contributed by atoms with Gasteiger partial charge in [0.2, 0.25) is 0 Å². The minimum absolute atomic E-state index is 0.300. The van der Waals surface area contributed by atoms with Crippen molar-refractivity contribution in [1.29, 1.82) is 0 Å². The molecule has 2 atom stereocenters. The highest BCUT2D eigenvalue weighted by Gasteiger charge is 2.26. The number of rotatable bonds is 2. The van der Waals surface area contributed by atoms with Gasteiger partial charge in [-0.25, -0.2) is 0 Å². The largest absolute Gasteiger partial charge is 0.489 e. The van der Waals surface area contributed by atoms with Crippen molar-refractivity contribution >= 4 is 44.7 Å². The Morgan fingerprint density at radius 2 is 2.33 bits per heavy atom. The van der Waals surface area contributed by atoms with Gasteiger partial charge in [0, 0.05) is 0 Å². The summed E-state index contributed by atoms with van der Waals surface area (Å²) >= 11 is 5.82. The van der Waals surface area contributed by atoms with Gasteiger partial charge in [-0.15, -0.1) is 0 Å². The molecule has 0 saturated heterocycles. The molecule has 0 aromatic carbocycles. The monoisotopic (exact) mass is 341 g/mol. The molecule has 1 aliphatic carbocycles. The third kappa shape index (κ3) is 2.22. The first-order valence-electron chi connectivity index (χ1n) is 3.95. The highest BCUT2D eigenvalue weighted by molar-refractivity contribution is 14.1. The molecule has 0 spiro atoms. The number of ether oxygens (including phenoxy) is 1. The molecule has 12 heavy (non-hydrogen) atoms. The summed E-state index contributed by atoms with van der Waals surface area (Å²) < 4.78 is 5.90. The summed E-state index contributed by atoms with van der Waals surface area (Å²) in [6.45, 7) is 0. The molecule has 0 N–H and O–H groups in total. The molecule has 1 saturated carbocycles. The lowest BCUT2D eigenvalue weighted by molar-refractivity contribution is 0.215. The number of hydrogen-bond donors (Lipinski definition) is 0. The number of alkyl halides is 2. The lowest BCUT2D eigenvalue weighted by Crippen LogP contribution is -2.15. The van der Waals surface area contributed by atoms with Crippen molar-refractivity contribution in [3.8, 4) is 0 Å². The number of aliphatic imine (C=N–C) groups is 1. The van der Waals surface area contributed by atoms with Crippen LogP contribution in [0.25, 0.3) is 0 Å². The maximum atomic E-state index is 5.60. The number of allylic oxidation sites excluding steroid dienone is 1. The van der Waals surface area contributed by atoms with Crippen LogP contribution in [0, 0.1) is 0 Å². The molecule has 0 bridgehead atoms. The Kier molecular flexibility index (Phi) is 2.74. The second kappa shape index (κ2) is 3.65. The Hall–Kier alpha value is 0.420. The van der Waals surface area contributed by atoms with Crippen LogP contribution in [0.1, 0.15) is 12.8 Å². The van der Waals surface area contributed by atoms with Crippen LogP contribution in [0.3, 0.4) is 0 Å². The maximum Gasteiger partial charge on any atom is 0.134 e. The summed E-state index contributed by atoms with van der Waals surface area (Å²) in [7, 11) is 0. The fourth-order valence-electron chi connectivity index (χ4n) is 0.954. The quantitative estimate of drug-likeness (QED) is 0.430. The van der Waals surface area contributed by atoms with E-state index < -0.39 is 0 Å². The summed E-state index contributed by atoms with van der Waals surface area (Å²) in [4.78, 5) is 4.61. The van der Waals surface area contributed by atoms with Crippen molar-refractivity contribution in [2.24, 2.45) is 4.99 Å². The van der Waals surface area contributed by atoms with E-state index in [1.807, 2.05) is 6.21 Å². The van der Waals surface area contributed by atoms with Crippen LogP contribution in [-0.4, -0.2) is 21.2 Å². The Morgan fingerprint density at radius 1 is 1.58 bits per heavy atom. The number of hydrogen-bond acceptors (Lipinski definition) is 2. The molecule has 1 heterocycles. The molecule has 0 amide bonds. The molecule has 1 fully saturated rings. The topological polar surface area (TPSA) is 21.6 Å². The zero-order chi connectivity index (χ0) is 8.55. The van der Waals surface area contributed by atoms with E-state index in [4.69, 9.17) is 4.74 Å². The Balaban J connectivity index is 1.97. The van der Waals surface area contributed by atoms with E-state index in [-0.39, 0.29) is 0 Å². The first-order valence-corrected chi connectivity index (χ1v) is 6.11. The van der Waals surface area contributed by atoms with Crippen molar-refractivity contribution < 1.29 is 4.74 Å². The van der Waals surface area contributed by atoms with E-state index in [1.165, 1.54) is 12.8 Å². The van der Waals surface area contributed by atoms with E-state index in [0.29, 0.717) is 15.0 Å². The van der Waals surface area contributed by atoms with Crippen LogP contribution in [0.4, 0.5) is 0 Å². The van der Waals surface area contributed by atoms with Crippen LogP contribution >= 0.6 is 38.5 Å². The van der Waals surface area contributed by atoms with Gasteiger partial charge in [-0.3, -0.25) is 4.99 Å². The van der Waals surface area contributed by atoms with Gasteiger partial charge in [0.25, 0.3) is 0 Å². The predicted molar refractivity (Wildman–Crippen MR) is 61.2 cm³/mol. The van der Waals surface area contributed by atoms with Crippen molar-refractivity contribution in [2.45, 2.75) is 27.8 Å². The molecule has 2 nitrogen and oxygen atoms in total. The first-order chi connectivity index (χ1) is 5.75. The highest BCUT2D eigenvalue weighted by Crippen LogP contribution is 2.29. The summed E-state index contributed by atoms with van der Waals surface area (Å²) in [5.41, 5.74) is 0. The van der Waals surface area contributed by atoms with Gasteiger partial charge in [0.05, 0.1) is 17.1 Å². The average Bonchev–Trinajstić information content (AvgIpc) is 2.81. The van der Waals surface area contributed by atoms with E-state index in [0.717, 1.165) is 5.76 Å². The van der Waals surface area contributed by atoms with Crippen LogP contribution in [0.15, 0.2) is 16.8 Å². The highest BCUT2D eigenvalue weighted by atomic mass is 127. The molecular weight excluding hydrogens is 333 g/mol. The average molecular weight is 342 g/mol. The lowest BCUT2D eigenvalue weighted by atomic mass is 10.3. The molecule has 4 heteroatoms. The van der Waals surface area contributed by atoms with Gasteiger partial charge in [-0.2, -0.15) is 0 Å². The summed E-state index contributed by atoms with van der Waals surface area (Å²) in [6.07, 6.45) is 6.78. The van der Waals surface area contributed by atoms with Crippen molar-refractivity contribution in [1.82, 2.24) is 0 Å². The number of dihydropyridines is 1. The molecule has 66 valence electrons. The second-order valence-corrected chi connectivity index (χ2v) is 5.32. The van der Waals surface area contributed by atoms with Gasteiger partial charge in [-0.1, -0.05) is 38.5 Å². The zero-order valence-electron chi connectivity index (χ0n) is 6.41. The molecule has 2 rings (SSSR count). The lowest BCUT2D eigenvalue weighted by Gasteiger charge is -2.15. The standard InChI is InChI=1S/C8H9BrINO/c9-7-3-6(4-11-8(7)10)12-5-1-2-5/h3-5,7-8H,1-2H2. The van der Waals surface area contributed by atoms with Crippen LogP contribution in [0.2, 0.25) is 0 Å². The minimum Gasteiger partial charge on any atom is -0.489 e. The second-order valence-electron chi connectivity index (χ2n) is 2.98. The molecule has 0 radical (unpaired) electrons. The van der Waals surface area contributed by atoms with E-state index in [9.17, 15) is 0 Å². The van der Waals surface area contributed by atoms with Crippen LogP contribution in [0.5, 0.6) is 0 Å². The third-order valence-electron chi connectivity index (χ3n) is 1.76. The van der Waals surface area contributed by atoms with Crippen LogP contribution in [-0.2, 0) is 4.74 Å². The predicted octanol–water partition coefficient (Wildman–Crippen LogP) is 2.66. The normalized spacial score (nSPS) is 34.7. The fraction of sp³-hybridized carbons (Fsp3) is 0.625. The smallest absolute Gasteiger partial charge is 0.134 e. The number of halogens is 2. The SMILES string of the molecule is BrC1C=C(OC2CC2)C=NC1I. The molecule has 2 unspecified atom stereocenters. The van der Waals surface area contributed by atoms with Gasteiger partial charge in [0.15, 0.2) is 0 Å². The summed E-state index contributed by atoms with van der Waals surface area (Å²) in [5.74, 6) is 0.923. The Labute approximate surface area is 93.7 Å². The molecule has 0 aromatic heterocycles. The molecule has 0 aromatic rings. The first kappa shape index (κ1) is 8.99. The molecule has 2 aliphatic rings. The van der Waals surface area contributed by atoms with E-state index in [1.54, 1.807) is 0 Å². The van der Waals surface area contributed by atoms with Crippen molar-refractivity contribution in [3.05, 3.63) is 11.8 Å². The van der Waals surface area contributed by atoms with E-state index in [2.05, 4.69) is 49.6 Å². The Morgan fingerprint density at radius 3 is 2.92 bits per heavy atom. The van der Waals surface area contributed by atoms with Gasteiger partial charge < -0.3 is 4.74 Å². The zero-order valence-corrected chi connectivity index (χ0v) is 10.2. The molecule has 1 aliphatic heterocycles. The van der Waals surface area contributed by atoms with Crippen LogP contribution < -0.4 is 0 Å². The summed E-state index contributed by atoms with van der Waals surface area (Å²) in [5, 5.41) is 0. The maximum absolute atomic E-state index is 5.60. The Bertz CT molecular complexity index is 237. The van der Waals surface area contributed by atoms with Gasteiger partial charge in [-0.05, 0) is 18.9 Å². The van der Waals surface area contributed by atoms with Gasteiger partial charge in [0.1, 0.15) is 9.81 Å².